The Bertz CT molecular complexity index is 360. The summed E-state index contributed by atoms with van der Waals surface area (Å²) in [5, 5.41) is 0. The number of carbonyl (C=O) groups is 1. The van der Waals surface area contributed by atoms with Crippen LogP contribution in [0.25, 0.3) is 0 Å². The molecule has 0 heterocycles. The quantitative estimate of drug-likeness (QED) is 0.101. The van der Waals surface area contributed by atoms with E-state index in [9.17, 15) is 4.79 Å². The van der Waals surface area contributed by atoms with Crippen LogP contribution >= 0.6 is 0 Å². The molecule has 0 aliphatic heterocycles. The third kappa shape index (κ3) is 25.2. The number of esters is 1. The predicted molar refractivity (Wildman–Crippen MR) is 128 cm³/mol. The summed E-state index contributed by atoms with van der Waals surface area (Å²) in [7, 11) is 0. The molecule has 0 aromatic carbocycles. The van der Waals surface area contributed by atoms with Crippen molar-refractivity contribution in [3.8, 4) is 0 Å². The molecule has 0 spiro atoms. The Morgan fingerprint density at radius 2 is 1.21 bits per heavy atom. The van der Waals surface area contributed by atoms with Gasteiger partial charge in [0, 0.05) is 6.42 Å². The summed E-state index contributed by atoms with van der Waals surface area (Å²) in [5.41, 5.74) is 0. The fourth-order valence-electron chi connectivity index (χ4n) is 3.61. The molecule has 0 atom stereocenters. The number of unbranched alkanes of at least 4 members (excludes halogenated alkanes) is 14. The van der Waals surface area contributed by atoms with Gasteiger partial charge in [-0.15, -0.1) is 0 Å². The maximum absolute atomic E-state index is 11.7. The van der Waals surface area contributed by atoms with Gasteiger partial charge < -0.3 is 4.74 Å². The highest BCUT2D eigenvalue weighted by Gasteiger charge is 2.02. The van der Waals surface area contributed by atoms with Gasteiger partial charge in [-0.25, -0.2) is 0 Å². The van der Waals surface area contributed by atoms with Crippen molar-refractivity contribution in [3.63, 3.8) is 0 Å². The zero-order chi connectivity index (χ0) is 21.4. The third-order valence-electron chi connectivity index (χ3n) is 5.58. The highest BCUT2D eigenvalue weighted by molar-refractivity contribution is 5.69. The number of allylic oxidation sites excluding steroid dienone is 2. The molecule has 2 nitrogen and oxygen atoms in total. The lowest BCUT2D eigenvalue weighted by molar-refractivity contribution is -0.143. The molecule has 0 aromatic heterocycles. The van der Waals surface area contributed by atoms with E-state index >= 15 is 0 Å². The second-order valence-corrected chi connectivity index (χ2v) is 9.15. The SMILES string of the molecule is CCCCCCCC/C=C/CCCCCCCC(=O)OCCCCCCC(C)C. The van der Waals surface area contributed by atoms with E-state index in [1.165, 1.54) is 96.3 Å². The molecule has 29 heavy (non-hydrogen) atoms. The topological polar surface area (TPSA) is 26.3 Å². The monoisotopic (exact) mass is 408 g/mol. The maximum atomic E-state index is 11.7. The second kappa shape index (κ2) is 23.5. The van der Waals surface area contributed by atoms with Crippen LogP contribution in [0.1, 0.15) is 143 Å². The van der Waals surface area contributed by atoms with Gasteiger partial charge >= 0.3 is 5.97 Å². The summed E-state index contributed by atoms with van der Waals surface area (Å²) in [4.78, 5) is 11.7. The molecule has 0 rings (SSSR count). The van der Waals surface area contributed by atoms with E-state index in [0.29, 0.717) is 13.0 Å². The van der Waals surface area contributed by atoms with Gasteiger partial charge in [0.2, 0.25) is 0 Å². The molecule has 0 N–H and O–H groups in total. The molecule has 0 radical (unpaired) electrons. The average Bonchev–Trinajstić information content (AvgIpc) is 2.70. The molecule has 2 heteroatoms. The van der Waals surface area contributed by atoms with Crippen LogP contribution in [0.4, 0.5) is 0 Å². The lowest BCUT2D eigenvalue weighted by Gasteiger charge is -2.06. The van der Waals surface area contributed by atoms with E-state index in [4.69, 9.17) is 4.74 Å². The summed E-state index contributed by atoms with van der Waals surface area (Å²) < 4.78 is 5.34. The Kier molecular flexibility index (Phi) is 22.8. The molecular weight excluding hydrogens is 356 g/mol. The van der Waals surface area contributed by atoms with Crippen molar-refractivity contribution < 1.29 is 9.53 Å². The van der Waals surface area contributed by atoms with Crippen LogP contribution in [0.3, 0.4) is 0 Å². The van der Waals surface area contributed by atoms with E-state index in [0.717, 1.165) is 25.2 Å². The van der Waals surface area contributed by atoms with Gasteiger partial charge in [-0.05, 0) is 44.4 Å². The molecule has 0 bridgehead atoms. The first-order valence-corrected chi connectivity index (χ1v) is 13.0. The zero-order valence-corrected chi connectivity index (χ0v) is 20.2. The fraction of sp³-hybridized carbons (Fsp3) is 0.889. The molecule has 0 amide bonds. The lowest BCUT2D eigenvalue weighted by atomic mass is 10.0. The van der Waals surface area contributed by atoms with Crippen LogP contribution < -0.4 is 0 Å². The van der Waals surface area contributed by atoms with E-state index in [2.05, 4.69) is 32.9 Å². The molecule has 0 saturated carbocycles. The van der Waals surface area contributed by atoms with Gasteiger partial charge in [-0.3, -0.25) is 4.79 Å². The first kappa shape index (κ1) is 28.2. The minimum Gasteiger partial charge on any atom is -0.466 e. The van der Waals surface area contributed by atoms with Crippen molar-refractivity contribution in [1.29, 1.82) is 0 Å². The predicted octanol–water partition coefficient (Wildman–Crippen LogP) is 9.17. The summed E-state index contributed by atoms with van der Waals surface area (Å²) in [6, 6.07) is 0. The minimum atomic E-state index is 0.00445. The summed E-state index contributed by atoms with van der Waals surface area (Å²) in [6.07, 6.45) is 28.2. The molecule has 0 fully saturated rings. The molecule has 172 valence electrons. The Morgan fingerprint density at radius 3 is 1.83 bits per heavy atom. The first-order chi connectivity index (χ1) is 14.2. The van der Waals surface area contributed by atoms with Gasteiger partial charge in [0.1, 0.15) is 0 Å². The normalized spacial score (nSPS) is 11.6. The molecule has 0 aromatic rings. The molecule has 0 unspecified atom stereocenters. The van der Waals surface area contributed by atoms with Gasteiger partial charge in [-0.2, -0.15) is 0 Å². The van der Waals surface area contributed by atoms with Crippen molar-refractivity contribution in [2.75, 3.05) is 6.61 Å². The van der Waals surface area contributed by atoms with Gasteiger partial charge in [0.05, 0.1) is 6.61 Å². The first-order valence-electron chi connectivity index (χ1n) is 13.0. The summed E-state index contributed by atoms with van der Waals surface area (Å²) in [5.74, 6) is 0.809. The van der Waals surface area contributed by atoms with Crippen LogP contribution in [0.2, 0.25) is 0 Å². The van der Waals surface area contributed by atoms with E-state index in [1.54, 1.807) is 0 Å². The fourth-order valence-corrected chi connectivity index (χ4v) is 3.61. The molecule has 0 saturated heterocycles. The van der Waals surface area contributed by atoms with Gasteiger partial charge in [-0.1, -0.05) is 110 Å². The van der Waals surface area contributed by atoms with E-state index in [1.807, 2.05) is 0 Å². The number of rotatable bonds is 22. The van der Waals surface area contributed by atoms with Gasteiger partial charge in [0.25, 0.3) is 0 Å². The largest absolute Gasteiger partial charge is 0.466 e. The highest BCUT2D eigenvalue weighted by atomic mass is 16.5. The van der Waals surface area contributed by atoms with Crippen molar-refractivity contribution in [2.24, 2.45) is 5.92 Å². The average molecular weight is 409 g/mol. The van der Waals surface area contributed by atoms with Crippen molar-refractivity contribution in [2.45, 2.75) is 143 Å². The zero-order valence-electron chi connectivity index (χ0n) is 20.2. The van der Waals surface area contributed by atoms with Crippen LogP contribution in [-0.4, -0.2) is 12.6 Å². The summed E-state index contributed by atoms with van der Waals surface area (Å²) >= 11 is 0. The Balaban J connectivity index is 3.21. The lowest BCUT2D eigenvalue weighted by Crippen LogP contribution is -2.05. The molecule has 0 aliphatic carbocycles. The van der Waals surface area contributed by atoms with E-state index < -0.39 is 0 Å². The standard InChI is InChI=1S/C27H52O2/c1-4-5-6-7-8-9-10-11-12-13-14-15-16-17-21-24-27(28)29-25-22-19-18-20-23-26(2)3/h11-12,26H,4-10,13-25H2,1-3H3/b12-11+. The van der Waals surface area contributed by atoms with Crippen LogP contribution in [0.15, 0.2) is 12.2 Å². The Morgan fingerprint density at radius 1 is 0.690 bits per heavy atom. The molecule has 0 aliphatic rings. The van der Waals surface area contributed by atoms with Gasteiger partial charge in [0.15, 0.2) is 0 Å². The van der Waals surface area contributed by atoms with Crippen molar-refractivity contribution in [1.82, 2.24) is 0 Å². The Labute approximate surface area is 183 Å². The highest BCUT2D eigenvalue weighted by Crippen LogP contribution is 2.11. The smallest absolute Gasteiger partial charge is 0.305 e. The number of ether oxygens (including phenoxy) is 1. The molecular formula is C27H52O2. The van der Waals surface area contributed by atoms with E-state index in [-0.39, 0.29) is 5.97 Å². The second-order valence-electron chi connectivity index (χ2n) is 9.15. The maximum Gasteiger partial charge on any atom is 0.305 e. The van der Waals surface area contributed by atoms with Crippen LogP contribution in [-0.2, 0) is 9.53 Å². The number of hydrogen-bond donors (Lipinski definition) is 0. The minimum absolute atomic E-state index is 0.00445. The third-order valence-corrected chi connectivity index (χ3v) is 5.58. The van der Waals surface area contributed by atoms with Crippen molar-refractivity contribution in [3.05, 3.63) is 12.2 Å². The van der Waals surface area contributed by atoms with Crippen LogP contribution in [0.5, 0.6) is 0 Å². The van der Waals surface area contributed by atoms with Crippen LogP contribution in [0, 0.1) is 5.92 Å². The Hall–Kier alpha value is -0.790. The summed E-state index contributed by atoms with van der Waals surface area (Å²) in [6.45, 7) is 7.44. The number of hydrogen-bond acceptors (Lipinski definition) is 2. The number of carbonyl (C=O) groups excluding carboxylic acids is 1. The van der Waals surface area contributed by atoms with Crippen molar-refractivity contribution >= 4 is 5.97 Å².